The zero-order chi connectivity index (χ0) is 23.8. The number of benzene rings is 2. The van der Waals surface area contributed by atoms with Crippen LogP contribution in [0.5, 0.6) is 5.75 Å². The zero-order valence-electron chi connectivity index (χ0n) is 18.7. The van der Waals surface area contributed by atoms with E-state index in [4.69, 9.17) is 16.3 Å². The maximum absolute atomic E-state index is 14.4. The van der Waals surface area contributed by atoms with E-state index in [1.54, 1.807) is 48.1 Å². The number of rotatable bonds is 6. The second kappa shape index (κ2) is 9.10. The SMILES string of the molecule is Cn1nc(C(=O)N(CC(=O)NC2CCC2)Cc2ccccc2F)c2c1-c1cc(Cl)ccc1OC2. The molecule has 5 rings (SSSR count). The van der Waals surface area contributed by atoms with Crippen LogP contribution in [0.25, 0.3) is 11.3 Å². The molecule has 2 aliphatic rings. The van der Waals surface area contributed by atoms with E-state index in [0.717, 1.165) is 30.5 Å². The van der Waals surface area contributed by atoms with Gasteiger partial charge in [-0.2, -0.15) is 5.10 Å². The molecule has 0 radical (unpaired) electrons. The van der Waals surface area contributed by atoms with Crippen LogP contribution in [0.15, 0.2) is 42.5 Å². The summed E-state index contributed by atoms with van der Waals surface area (Å²) >= 11 is 6.20. The number of aromatic nitrogens is 2. The summed E-state index contributed by atoms with van der Waals surface area (Å²) in [5.74, 6) is -0.512. The van der Waals surface area contributed by atoms with E-state index in [1.807, 2.05) is 0 Å². The van der Waals surface area contributed by atoms with Crippen molar-refractivity contribution in [1.82, 2.24) is 20.0 Å². The normalized spacial score (nSPS) is 14.4. The van der Waals surface area contributed by atoms with Crippen LogP contribution in [-0.2, 0) is 25.0 Å². The van der Waals surface area contributed by atoms with Crippen LogP contribution >= 0.6 is 11.6 Å². The van der Waals surface area contributed by atoms with Crippen molar-refractivity contribution in [2.45, 2.75) is 38.5 Å². The molecular formula is C25H24ClFN4O3. The molecule has 0 spiro atoms. The van der Waals surface area contributed by atoms with Gasteiger partial charge in [0.25, 0.3) is 5.91 Å². The van der Waals surface area contributed by atoms with E-state index in [2.05, 4.69) is 10.4 Å². The van der Waals surface area contributed by atoms with E-state index >= 15 is 0 Å². The van der Waals surface area contributed by atoms with E-state index in [-0.39, 0.29) is 37.3 Å². The summed E-state index contributed by atoms with van der Waals surface area (Å²) in [6.45, 7) is -0.100. The molecule has 176 valence electrons. The van der Waals surface area contributed by atoms with Crippen molar-refractivity contribution >= 4 is 23.4 Å². The molecule has 7 nitrogen and oxygen atoms in total. The van der Waals surface area contributed by atoms with Crippen molar-refractivity contribution in [3.8, 4) is 17.0 Å². The van der Waals surface area contributed by atoms with Crippen molar-refractivity contribution in [2.24, 2.45) is 7.05 Å². The first kappa shape index (κ1) is 22.4. The number of nitrogens with zero attached hydrogens (tertiary/aromatic N) is 3. The molecule has 1 aliphatic heterocycles. The maximum atomic E-state index is 14.4. The monoisotopic (exact) mass is 482 g/mol. The standard InChI is InChI=1S/C25H24ClFN4O3/c1-30-24-18-11-16(26)9-10-21(18)34-14-19(24)23(29-30)25(33)31(12-15-5-2-3-8-20(15)27)13-22(32)28-17-6-4-7-17/h2-3,5,8-11,17H,4,6-7,12-14H2,1H3,(H,28,32). The van der Waals surface area contributed by atoms with Gasteiger partial charge in [0.1, 0.15) is 24.7 Å². The lowest BCUT2D eigenvalue weighted by molar-refractivity contribution is -0.123. The summed E-state index contributed by atoms with van der Waals surface area (Å²) in [7, 11) is 1.75. The number of aryl methyl sites for hydroxylation is 1. The Labute approximate surface area is 201 Å². The number of ether oxygens (including phenoxy) is 1. The number of amides is 2. The maximum Gasteiger partial charge on any atom is 0.275 e. The first-order valence-corrected chi connectivity index (χ1v) is 11.6. The molecule has 1 fully saturated rings. The summed E-state index contributed by atoms with van der Waals surface area (Å²) in [4.78, 5) is 27.7. The van der Waals surface area contributed by atoms with Gasteiger partial charge in [0.05, 0.1) is 5.69 Å². The average Bonchev–Trinajstić information content (AvgIpc) is 3.13. The number of carbonyl (C=O) groups excluding carboxylic acids is 2. The zero-order valence-corrected chi connectivity index (χ0v) is 19.4. The van der Waals surface area contributed by atoms with Crippen molar-refractivity contribution in [1.29, 1.82) is 0 Å². The van der Waals surface area contributed by atoms with Crippen molar-refractivity contribution < 1.29 is 18.7 Å². The number of hydrogen-bond acceptors (Lipinski definition) is 4. The van der Waals surface area contributed by atoms with Gasteiger partial charge in [0.2, 0.25) is 5.91 Å². The fraction of sp³-hybridized carbons (Fsp3) is 0.320. The number of fused-ring (bicyclic) bond motifs is 3. The molecule has 1 aromatic heterocycles. The second-order valence-electron chi connectivity index (χ2n) is 8.68. The Balaban J connectivity index is 1.48. The van der Waals surface area contributed by atoms with Gasteiger partial charge < -0.3 is 15.0 Å². The summed E-state index contributed by atoms with van der Waals surface area (Å²) in [6, 6.07) is 11.7. The molecule has 3 aromatic rings. The van der Waals surface area contributed by atoms with Crippen LogP contribution < -0.4 is 10.1 Å². The van der Waals surface area contributed by atoms with Crippen LogP contribution in [0.1, 0.15) is 40.9 Å². The third kappa shape index (κ3) is 4.25. The summed E-state index contributed by atoms with van der Waals surface area (Å²) in [6.07, 6.45) is 2.94. The Bertz CT molecular complexity index is 1270. The molecule has 2 amide bonds. The Kier molecular flexibility index (Phi) is 6.00. The highest BCUT2D eigenvalue weighted by Crippen LogP contribution is 2.40. The summed E-state index contributed by atoms with van der Waals surface area (Å²) in [5.41, 5.74) is 2.59. The van der Waals surface area contributed by atoms with Gasteiger partial charge in [-0.3, -0.25) is 14.3 Å². The van der Waals surface area contributed by atoms with Crippen LogP contribution in [0.2, 0.25) is 5.02 Å². The molecule has 2 heterocycles. The van der Waals surface area contributed by atoms with Crippen molar-refractivity contribution in [3.05, 3.63) is 70.1 Å². The Morgan fingerprint density at radius 1 is 1.26 bits per heavy atom. The van der Waals surface area contributed by atoms with E-state index in [9.17, 15) is 14.0 Å². The average molecular weight is 483 g/mol. The van der Waals surface area contributed by atoms with Gasteiger partial charge in [-0.1, -0.05) is 29.8 Å². The molecule has 0 saturated heterocycles. The molecule has 0 atom stereocenters. The van der Waals surface area contributed by atoms with Crippen LogP contribution in [0.4, 0.5) is 4.39 Å². The van der Waals surface area contributed by atoms with E-state index in [0.29, 0.717) is 21.9 Å². The molecule has 1 aliphatic carbocycles. The number of halogens is 2. The number of carbonyl (C=O) groups is 2. The van der Waals surface area contributed by atoms with Gasteiger partial charge in [0.15, 0.2) is 5.69 Å². The van der Waals surface area contributed by atoms with Gasteiger partial charge in [-0.25, -0.2) is 4.39 Å². The predicted octanol–water partition coefficient (Wildman–Crippen LogP) is 4.08. The first-order chi connectivity index (χ1) is 16.4. The highest BCUT2D eigenvalue weighted by Gasteiger charge is 2.32. The third-order valence-corrected chi connectivity index (χ3v) is 6.56. The minimum absolute atomic E-state index is 0.0573. The van der Waals surface area contributed by atoms with Crippen LogP contribution in [0.3, 0.4) is 0 Å². The lowest BCUT2D eigenvalue weighted by Gasteiger charge is -2.28. The lowest BCUT2D eigenvalue weighted by atomic mass is 9.93. The molecular weight excluding hydrogens is 459 g/mol. The number of nitrogens with one attached hydrogen (secondary N) is 1. The quantitative estimate of drug-likeness (QED) is 0.574. The Morgan fingerprint density at radius 3 is 2.79 bits per heavy atom. The lowest BCUT2D eigenvalue weighted by Crippen LogP contribution is -2.46. The van der Waals surface area contributed by atoms with Crippen molar-refractivity contribution in [3.63, 3.8) is 0 Å². The highest BCUT2D eigenvalue weighted by molar-refractivity contribution is 6.31. The number of hydrogen-bond donors (Lipinski definition) is 1. The van der Waals surface area contributed by atoms with Crippen LogP contribution in [0, 0.1) is 5.82 Å². The predicted molar refractivity (Wildman–Crippen MR) is 125 cm³/mol. The van der Waals surface area contributed by atoms with Crippen molar-refractivity contribution in [2.75, 3.05) is 6.54 Å². The molecule has 1 saturated carbocycles. The Hall–Kier alpha value is -3.39. The fourth-order valence-electron chi connectivity index (χ4n) is 4.36. The molecule has 0 bridgehead atoms. The first-order valence-electron chi connectivity index (χ1n) is 11.2. The molecule has 0 unspecified atom stereocenters. The largest absolute Gasteiger partial charge is 0.488 e. The fourth-order valence-corrected chi connectivity index (χ4v) is 4.53. The van der Waals surface area contributed by atoms with Gasteiger partial charge >= 0.3 is 0 Å². The molecule has 2 aromatic carbocycles. The second-order valence-corrected chi connectivity index (χ2v) is 9.11. The van der Waals surface area contributed by atoms with Gasteiger partial charge in [0, 0.05) is 41.3 Å². The minimum Gasteiger partial charge on any atom is -0.488 e. The molecule has 9 heteroatoms. The molecule has 34 heavy (non-hydrogen) atoms. The Morgan fingerprint density at radius 2 is 2.06 bits per heavy atom. The van der Waals surface area contributed by atoms with E-state index in [1.165, 1.54) is 11.0 Å². The minimum atomic E-state index is -0.460. The summed E-state index contributed by atoms with van der Waals surface area (Å²) in [5, 5.41) is 7.97. The van der Waals surface area contributed by atoms with Crippen LogP contribution in [-0.4, -0.2) is 39.1 Å². The van der Waals surface area contributed by atoms with Gasteiger partial charge in [-0.15, -0.1) is 0 Å². The smallest absolute Gasteiger partial charge is 0.275 e. The summed E-state index contributed by atoms with van der Waals surface area (Å²) < 4.78 is 21.9. The van der Waals surface area contributed by atoms with E-state index < -0.39 is 11.7 Å². The van der Waals surface area contributed by atoms with Gasteiger partial charge in [-0.05, 0) is 43.5 Å². The highest BCUT2D eigenvalue weighted by atomic mass is 35.5. The molecule has 1 N–H and O–H groups in total. The third-order valence-electron chi connectivity index (χ3n) is 6.33. The topological polar surface area (TPSA) is 76.5 Å².